The van der Waals surface area contributed by atoms with Crippen LogP contribution in [-0.2, 0) is 18.9 Å². The summed E-state index contributed by atoms with van der Waals surface area (Å²) in [6, 6.07) is 0. The lowest BCUT2D eigenvalue weighted by Crippen LogP contribution is -2.51. The Balaban J connectivity index is 1.84. The lowest BCUT2D eigenvalue weighted by Gasteiger charge is -2.42. The van der Waals surface area contributed by atoms with E-state index in [1.165, 1.54) is 0 Å². The van der Waals surface area contributed by atoms with Crippen LogP contribution in [0.25, 0.3) is 0 Å². The van der Waals surface area contributed by atoms with Crippen LogP contribution in [0.3, 0.4) is 0 Å². The molecule has 0 bridgehead atoms. The van der Waals surface area contributed by atoms with Crippen LogP contribution in [0.2, 0.25) is 0 Å². The zero-order chi connectivity index (χ0) is 12.1. The Morgan fingerprint density at radius 2 is 1.12 bits per heavy atom. The maximum absolute atomic E-state index is 5.62. The van der Waals surface area contributed by atoms with Crippen molar-refractivity contribution in [1.82, 2.24) is 0 Å². The van der Waals surface area contributed by atoms with Crippen molar-refractivity contribution < 1.29 is 18.9 Å². The molecule has 2 rings (SSSR count). The molecule has 0 saturated carbocycles. The molecule has 0 aliphatic carbocycles. The molecule has 2 aliphatic heterocycles. The third-order valence-corrected chi connectivity index (χ3v) is 2.91. The summed E-state index contributed by atoms with van der Waals surface area (Å²) in [5, 5.41) is 0. The smallest absolute Gasteiger partial charge is 0.176 e. The van der Waals surface area contributed by atoms with Gasteiger partial charge in [0.2, 0.25) is 0 Å². The predicted molar refractivity (Wildman–Crippen MR) is 63.4 cm³/mol. The predicted octanol–water partition coefficient (Wildman–Crippen LogP) is 1.87. The van der Waals surface area contributed by atoms with Crippen molar-refractivity contribution >= 4 is 0 Å². The summed E-state index contributed by atoms with van der Waals surface area (Å²) in [6.45, 7) is 6.36. The minimum absolute atomic E-state index is 0.143. The summed E-state index contributed by atoms with van der Waals surface area (Å²) in [4.78, 5) is 0. The summed E-state index contributed by atoms with van der Waals surface area (Å²) >= 11 is 0. The molecule has 0 aromatic rings. The largest absolute Gasteiger partial charge is 0.348 e. The highest BCUT2D eigenvalue weighted by molar-refractivity contribution is 4.92. The molecule has 17 heavy (non-hydrogen) atoms. The van der Waals surface area contributed by atoms with Crippen molar-refractivity contribution in [3.05, 3.63) is 24.3 Å². The van der Waals surface area contributed by atoms with Crippen LogP contribution in [0.15, 0.2) is 24.3 Å². The van der Waals surface area contributed by atoms with Crippen LogP contribution in [0, 0.1) is 5.41 Å². The normalized spacial score (nSPS) is 39.4. The van der Waals surface area contributed by atoms with E-state index >= 15 is 0 Å². The van der Waals surface area contributed by atoms with Crippen molar-refractivity contribution in [3.8, 4) is 0 Å². The molecule has 2 fully saturated rings. The van der Waals surface area contributed by atoms with Crippen molar-refractivity contribution in [2.45, 2.75) is 26.4 Å². The van der Waals surface area contributed by atoms with E-state index in [2.05, 4.69) is 0 Å². The van der Waals surface area contributed by atoms with Gasteiger partial charge in [-0.15, -0.1) is 0 Å². The Morgan fingerprint density at radius 1 is 0.765 bits per heavy atom. The van der Waals surface area contributed by atoms with Gasteiger partial charge in [-0.25, -0.2) is 0 Å². The van der Waals surface area contributed by atoms with E-state index < -0.39 is 0 Å². The molecule has 0 amide bonds. The van der Waals surface area contributed by atoms with Gasteiger partial charge in [0.15, 0.2) is 12.6 Å². The standard InChI is InChI=1S/C13H20O4/c1-3-5-11-14-7-13(8-15-11)9-16-12(6-4-2)17-10-13/h3-6,11-12H,7-10H2,1-2H3/b5-3+,6-4+. The number of hydrogen-bond donors (Lipinski definition) is 0. The van der Waals surface area contributed by atoms with E-state index in [1.807, 2.05) is 38.2 Å². The van der Waals surface area contributed by atoms with Gasteiger partial charge in [-0.3, -0.25) is 0 Å². The van der Waals surface area contributed by atoms with Crippen LogP contribution in [-0.4, -0.2) is 39.0 Å². The maximum Gasteiger partial charge on any atom is 0.176 e. The summed E-state index contributed by atoms with van der Waals surface area (Å²) < 4.78 is 22.5. The van der Waals surface area contributed by atoms with Crippen LogP contribution >= 0.6 is 0 Å². The molecule has 0 unspecified atom stereocenters. The van der Waals surface area contributed by atoms with Crippen molar-refractivity contribution in [2.24, 2.45) is 5.41 Å². The molecular weight excluding hydrogens is 220 g/mol. The van der Waals surface area contributed by atoms with Gasteiger partial charge in [-0.1, -0.05) is 12.2 Å². The molecule has 96 valence electrons. The zero-order valence-corrected chi connectivity index (χ0v) is 10.4. The quantitative estimate of drug-likeness (QED) is 0.690. The summed E-state index contributed by atoms with van der Waals surface area (Å²) in [7, 11) is 0. The molecule has 4 nitrogen and oxygen atoms in total. The molecule has 0 radical (unpaired) electrons. The topological polar surface area (TPSA) is 36.9 Å². The van der Waals surface area contributed by atoms with Gasteiger partial charge in [0.25, 0.3) is 0 Å². The van der Waals surface area contributed by atoms with Crippen molar-refractivity contribution in [1.29, 1.82) is 0 Å². The average molecular weight is 240 g/mol. The molecule has 2 heterocycles. The van der Waals surface area contributed by atoms with Gasteiger partial charge < -0.3 is 18.9 Å². The second-order valence-corrected chi connectivity index (χ2v) is 4.53. The van der Waals surface area contributed by atoms with E-state index in [1.54, 1.807) is 0 Å². The summed E-state index contributed by atoms with van der Waals surface area (Å²) in [5.74, 6) is 0. The molecule has 0 aromatic carbocycles. The van der Waals surface area contributed by atoms with Gasteiger partial charge >= 0.3 is 0 Å². The van der Waals surface area contributed by atoms with Gasteiger partial charge in [0.05, 0.1) is 31.8 Å². The number of hydrogen-bond acceptors (Lipinski definition) is 4. The SMILES string of the molecule is C/C=C/C1OCC2(CO1)COC(/C=C/C)OC2. The summed E-state index contributed by atoms with van der Waals surface area (Å²) in [6.07, 6.45) is 7.22. The second kappa shape index (κ2) is 5.78. The Labute approximate surface area is 102 Å². The fourth-order valence-corrected chi connectivity index (χ4v) is 1.92. The van der Waals surface area contributed by atoms with E-state index in [-0.39, 0.29) is 18.0 Å². The summed E-state index contributed by atoms with van der Waals surface area (Å²) in [5.41, 5.74) is -0.143. The molecule has 0 N–H and O–H groups in total. The van der Waals surface area contributed by atoms with Crippen molar-refractivity contribution in [3.63, 3.8) is 0 Å². The monoisotopic (exact) mass is 240 g/mol. The first-order chi connectivity index (χ1) is 8.28. The van der Waals surface area contributed by atoms with E-state index in [4.69, 9.17) is 18.9 Å². The molecule has 2 saturated heterocycles. The Bertz CT molecular complexity index is 248. The third kappa shape index (κ3) is 3.16. The highest BCUT2D eigenvalue weighted by atomic mass is 16.7. The fourth-order valence-electron chi connectivity index (χ4n) is 1.92. The maximum atomic E-state index is 5.62. The lowest BCUT2D eigenvalue weighted by atomic mass is 9.91. The van der Waals surface area contributed by atoms with Crippen LogP contribution in [0.4, 0.5) is 0 Å². The Kier molecular flexibility index (Phi) is 4.34. The molecule has 4 heteroatoms. The van der Waals surface area contributed by atoms with Gasteiger partial charge in [-0.05, 0) is 26.0 Å². The van der Waals surface area contributed by atoms with E-state index in [0.29, 0.717) is 26.4 Å². The molecular formula is C13H20O4. The highest BCUT2D eigenvalue weighted by Gasteiger charge is 2.41. The second-order valence-electron chi connectivity index (χ2n) is 4.53. The van der Waals surface area contributed by atoms with E-state index in [9.17, 15) is 0 Å². The molecule has 1 spiro atoms. The Hall–Kier alpha value is -0.680. The van der Waals surface area contributed by atoms with Crippen LogP contribution in [0.1, 0.15) is 13.8 Å². The average Bonchev–Trinajstić information content (AvgIpc) is 2.36. The van der Waals surface area contributed by atoms with E-state index in [0.717, 1.165) is 0 Å². The molecule has 0 aromatic heterocycles. The first-order valence-corrected chi connectivity index (χ1v) is 6.00. The van der Waals surface area contributed by atoms with Crippen LogP contribution < -0.4 is 0 Å². The number of ether oxygens (including phenoxy) is 4. The van der Waals surface area contributed by atoms with Gasteiger partial charge in [0, 0.05) is 0 Å². The number of rotatable bonds is 2. The lowest BCUT2D eigenvalue weighted by molar-refractivity contribution is -0.282. The van der Waals surface area contributed by atoms with Gasteiger partial charge in [-0.2, -0.15) is 0 Å². The fraction of sp³-hybridized carbons (Fsp3) is 0.692. The molecule has 0 atom stereocenters. The first-order valence-electron chi connectivity index (χ1n) is 6.00. The highest BCUT2D eigenvalue weighted by Crippen LogP contribution is 2.30. The third-order valence-electron chi connectivity index (χ3n) is 2.91. The minimum Gasteiger partial charge on any atom is -0.348 e. The van der Waals surface area contributed by atoms with Gasteiger partial charge in [0.1, 0.15) is 0 Å². The van der Waals surface area contributed by atoms with Crippen LogP contribution in [0.5, 0.6) is 0 Å². The minimum atomic E-state index is -0.223. The Morgan fingerprint density at radius 3 is 1.41 bits per heavy atom. The molecule has 2 aliphatic rings. The zero-order valence-electron chi connectivity index (χ0n) is 10.4. The first kappa shape index (κ1) is 12.8. The number of allylic oxidation sites excluding steroid dienone is 2. The van der Waals surface area contributed by atoms with Crippen molar-refractivity contribution in [2.75, 3.05) is 26.4 Å².